The van der Waals surface area contributed by atoms with Crippen LogP contribution in [0.15, 0.2) is 22.7 Å². The van der Waals surface area contributed by atoms with E-state index >= 15 is 0 Å². The Hall–Kier alpha value is -0.580. The molecule has 14 heavy (non-hydrogen) atoms. The van der Waals surface area contributed by atoms with E-state index in [1.54, 1.807) is 6.07 Å². The van der Waals surface area contributed by atoms with Crippen LogP contribution >= 0.6 is 15.9 Å². The molecule has 0 saturated carbocycles. The first-order valence-electron chi connectivity index (χ1n) is 4.45. The molecular formula is C10H11BrO3. The normalized spacial score (nSPS) is 25.4. The molecule has 2 N–H and O–H groups in total. The monoisotopic (exact) mass is 258 g/mol. The maximum atomic E-state index is 9.78. The van der Waals surface area contributed by atoms with Crippen molar-refractivity contribution in [1.29, 1.82) is 0 Å². The standard InChI is InChI=1S/C10H11BrO3/c11-6-1-2-10-8(3-6)9(13)4-7(5-12)14-10/h1-3,7,9,12-13H,4-5H2/t7?,9-/m0/s1. The van der Waals surface area contributed by atoms with E-state index in [9.17, 15) is 5.11 Å². The quantitative estimate of drug-likeness (QED) is 0.805. The lowest BCUT2D eigenvalue weighted by molar-refractivity contribution is 0.0332. The third-order valence-corrected chi connectivity index (χ3v) is 2.81. The van der Waals surface area contributed by atoms with Crippen LogP contribution in [0.25, 0.3) is 0 Å². The van der Waals surface area contributed by atoms with E-state index in [1.807, 2.05) is 12.1 Å². The second-order valence-corrected chi connectivity index (χ2v) is 4.27. The third kappa shape index (κ3) is 1.78. The Balaban J connectivity index is 2.35. The van der Waals surface area contributed by atoms with Crippen molar-refractivity contribution in [3.8, 4) is 5.75 Å². The summed E-state index contributed by atoms with van der Waals surface area (Å²) in [7, 11) is 0. The van der Waals surface area contributed by atoms with E-state index in [0.717, 1.165) is 10.0 Å². The highest BCUT2D eigenvalue weighted by atomic mass is 79.9. The minimum absolute atomic E-state index is 0.0629. The molecule has 0 aromatic heterocycles. The van der Waals surface area contributed by atoms with Crippen molar-refractivity contribution in [2.45, 2.75) is 18.6 Å². The largest absolute Gasteiger partial charge is 0.488 e. The summed E-state index contributed by atoms with van der Waals surface area (Å²) < 4.78 is 6.39. The number of rotatable bonds is 1. The molecule has 0 spiro atoms. The Kier molecular flexibility index (Phi) is 2.76. The van der Waals surface area contributed by atoms with E-state index in [0.29, 0.717) is 12.2 Å². The molecule has 2 rings (SSSR count). The van der Waals surface area contributed by atoms with Gasteiger partial charge in [-0.1, -0.05) is 15.9 Å². The number of fused-ring (bicyclic) bond motifs is 1. The second kappa shape index (κ2) is 3.88. The predicted molar refractivity (Wildman–Crippen MR) is 55.2 cm³/mol. The van der Waals surface area contributed by atoms with Crippen molar-refractivity contribution in [2.75, 3.05) is 6.61 Å². The Bertz CT molecular complexity index is 340. The number of hydrogen-bond donors (Lipinski definition) is 2. The van der Waals surface area contributed by atoms with Gasteiger partial charge in [0.2, 0.25) is 0 Å². The van der Waals surface area contributed by atoms with Crippen LogP contribution in [0.5, 0.6) is 5.75 Å². The summed E-state index contributed by atoms with van der Waals surface area (Å²) >= 11 is 3.33. The zero-order valence-corrected chi connectivity index (χ0v) is 9.07. The molecular weight excluding hydrogens is 248 g/mol. The Labute approximate surface area is 90.5 Å². The van der Waals surface area contributed by atoms with E-state index < -0.39 is 6.10 Å². The van der Waals surface area contributed by atoms with Gasteiger partial charge in [-0.2, -0.15) is 0 Å². The molecule has 1 heterocycles. The lowest BCUT2D eigenvalue weighted by Gasteiger charge is -2.28. The molecule has 0 saturated heterocycles. The van der Waals surface area contributed by atoms with Crippen LogP contribution in [0.4, 0.5) is 0 Å². The molecule has 0 bridgehead atoms. The van der Waals surface area contributed by atoms with Gasteiger partial charge in [0.1, 0.15) is 11.9 Å². The summed E-state index contributed by atoms with van der Waals surface area (Å²) in [5, 5.41) is 18.7. The molecule has 2 atom stereocenters. The highest BCUT2D eigenvalue weighted by molar-refractivity contribution is 9.10. The molecule has 1 aromatic rings. The number of aliphatic hydroxyl groups excluding tert-OH is 2. The maximum absolute atomic E-state index is 9.78. The first-order chi connectivity index (χ1) is 6.70. The lowest BCUT2D eigenvalue weighted by atomic mass is 9.99. The van der Waals surface area contributed by atoms with Gasteiger partial charge in [-0.15, -0.1) is 0 Å². The summed E-state index contributed by atoms with van der Waals surface area (Å²) in [6.45, 7) is -0.0629. The average Bonchev–Trinajstić information content (AvgIpc) is 2.19. The number of halogens is 1. The minimum atomic E-state index is -0.548. The summed E-state index contributed by atoms with van der Waals surface area (Å²) in [6.07, 6.45) is -0.396. The molecule has 76 valence electrons. The van der Waals surface area contributed by atoms with Gasteiger partial charge >= 0.3 is 0 Å². The lowest BCUT2D eigenvalue weighted by Crippen LogP contribution is -2.28. The van der Waals surface area contributed by atoms with Crippen molar-refractivity contribution >= 4 is 15.9 Å². The fraction of sp³-hybridized carbons (Fsp3) is 0.400. The molecule has 1 unspecified atom stereocenters. The zero-order chi connectivity index (χ0) is 10.1. The van der Waals surface area contributed by atoms with E-state index in [1.165, 1.54) is 0 Å². The van der Waals surface area contributed by atoms with Crippen molar-refractivity contribution in [1.82, 2.24) is 0 Å². The molecule has 0 aliphatic carbocycles. The van der Waals surface area contributed by atoms with E-state index in [-0.39, 0.29) is 12.7 Å². The van der Waals surface area contributed by atoms with Crippen LogP contribution in [0, 0.1) is 0 Å². The van der Waals surface area contributed by atoms with Gasteiger partial charge in [0, 0.05) is 16.5 Å². The summed E-state index contributed by atoms with van der Waals surface area (Å²) in [4.78, 5) is 0. The highest BCUT2D eigenvalue weighted by Crippen LogP contribution is 2.36. The number of benzene rings is 1. The van der Waals surface area contributed by atoms with Gasteiger partial charge in [0.15, 0.2) is 0 Å². The Morgan fingerprint density at radius 1 is 1.50 bits per heavy atom. The first kappa shape index (κ1) is 9.96. The van der Waals surface area contributed by atoms with Crippen LogP contribution in [0.3, 0.4) is 0 Å². The minimum Gasteiger partial charge on any atom is -0.488 e. The molecule has 0 amide bonds. The van der Waals surface area contributed by atoms with Gasteiger partial charge in [-0.25, -0.2) is 0 Å². The van der Waals surface area contributed by atoms with Gasteiger partial charge < -0.3 is 14.9 Å². The molecule has 0 fully saturated rings. The summed E-state index contributed by atoms with van der Waals surface area (Å²) in [5.74, 6) is 0.658. The number of ether oxygens (including phenoxy) is 1. The predicted octanol–water partition coefficient (Wildman–Crippen LogP) is 1.63. The highest BCUT2D eigenvalue weighted by Gasteiger charge is 2.26. The van der Waals surface area contributed by atoms with Crippen LogP contribution in [-0.2, 0) is 0 Å². The fourth-order valence-electron chi connectivity index (χ4n) is 1.60. The fourth-order valence-corrected chi connectivity index (χ4v) is 1.98. The molecule has 4 heteroatoms. The molecule has 0 radical (unpaired) electrons. The van der Waals surface area contributed by atoms with Crippen molar-refractivity contribution in [3.63, 3.8) is 0 Å². The zero-order valence-electron chi connectivity index (χ0n) is 7.48. The third-order valence-electron chi connectivity index (χ3n) is 2.31. The van der Waals surface area contributed by atoms with Crippen LogP contribution < -0.4 is 4.74 Å². The molecule has 1 aliphatic heterocycles. The van der Waals surface area contributed by atoms with Crippen LogP contribution in [-0.4, -0.2) is 22.9 Å². The molecule has 3 nitrogen and oxygen atoms in total. The topological polar surface area (TPSA) is 49.7 Å². The van der Waals surface area contributed by atoms with Crippen LogP contribution in [0.2, 0.25) is 0 Å². The number of aliphatic hydroxyl groups is 2. The second-order valence-electron chi connectivity index (χ2n) is 3.36. The maximum Gasteiger partial charge on any atom is 0.125 e. The van der Waals surface area contributed by atoms with Crippen LogP contribution in [0.1, 0.15) is 18.1 Å². The SMILES string of the molecule is OCC1C[C@H](O)c2cc(Br)ccc2O1. The molecule has 1 aliphatic rings. The Morgan fingerprint density at radius 2 is 2.29 bits per heavy atom. The van der Waals surface area contributed by atoms with Crippen molar-refractivity contribution in [2.24, 2.45) is 0 Å². The van der Waals surface area contributed by atoms with E-state index in [4.69, 9.17) is 9.84 Å². The van der Waals surface area contributed by atoms with Crippen molar-refractivity contribution < 1.29 is 14.9 Å². The van der Waals surface area contributed by atoms with Gasteiger partial charge in [0.25, 0.3) is 0 Å². The van der Waals surface area contributed by atoms with Crippen molar-refractivity contribution in [3.05, 3.63) is 28.2 Å². The Morgan fingerprint density at radius 3 is 3.00 bits per heavy atom. The summed E-state index contributed by atoms with van der Waals surface area (Å²) in [6, 6.07) is 5.49. The summed E-state index contributed by atoms with van der Waals surface area (Å²) in [5.41, 5.74) is 0.782. The van der Waals surface area contributed by atoms with Gasteiger partial charge in [-0.05, 0) is 18.2 Å². The van der Waals surface area contributed by atoms with E-state index in [2.05, 4.69) is 15.9 Å². The average molecular weight is 259 g/mol. The number of hydrogen-bond acceptors (Lipinski definition) is 3. The molecule has 1 aromatic carbocycles. The smallest absolute Gasteiger partial charge is 0.125 e. The first-order valence-corrected chi connectivity index (χ1v) is 5.25. The van der Waals surface area contributed by atoms with Gasteiger partial charge in [-0.3, -0.25) is 0 Å². The van der Waals surface area contributed by atoms with Gasteiger partial charge in [0.05, 0.1) is 12.7 Å².